The van der Waals surface area contributed by atoms with Crippen molar-refractivity contribution in [1.29, 1.82) is 0 Å². The number of rotatable bonds is 5. The minimum absolute atomic E-state index is 0.108. The summed E-state index contributed by atoms with van der Waals surface area (Å²) >= 11 is 0. The van der Waals surface area contributed by atoms with Gasteiger partial charge in [-0.3, -0.25) is 0 Å². The summed E-state index contributed by atoms with van der Waals surface area (Å²) in [6.07, 6.45) is 2.20. The molecule has 30 heavy (non-hydrogen) atoms. The molecule has 0 saturated heterocycles. The van der Waals surface area contributed by atoms with E-state index < -0.39 is 0 Å². The third kappa shape index (κ3) is 3.65. The van der Waals surface area contributed by atoms with Crippen molar-refractivity contribution in [3.8, 4) is 22.4 Å². The van der Waals surface area contributed by atoms with Gasteiger partial charge in [-0.1, -0.05) is 74.9 Å². The van der Waals surface area contributed by atoms with Gasteiger partial charge in [0, 0.05) is 10.9 Å². The molecule has 0 aliphatic rings. The highest BCUT2D eigenvalue weighted by atomic mass is 14.7. The summed E-state index contributed by atoms with van der Waals surface area (Å²) in [6.45, 7) is 11.3. The van der Waals surface area contributed by atoms with Crippen LogP contribution in [0.25, 0.3) is 33.3 Å². The van der Waals surface area contributed by atoms with E-state index in [9.17, 15) is 0 Å². The fraction of sp³-hybridized carbons (Fsp3) is 0.276. The predicted octanol–water partition coefficient (Wildman–Crippen LogP) is 8.26. The number of pyridine rings is 1. The zero-order valence-electron chi connectivity index (χ0n) is 18.8. The number of benzene rings is 3. The van der Waals surface area contributed by atoms with Gasteiger partial charge in [0.2, 0.25) is 0 Å². The number of aryl methyl sites for hydroxylation is 2. The minimum Gasteiger partial charge on any atom is -0.248 e. The number of nitrogens with zero attached hydrogens (tertiary/aromatic N) is 1. The van der Waals surface area contributed by atoms with Crippen LogP contribution in [0.5, 0.6) is 0 Å². The Balaban J connectivity index is 1.96. The Hall–Kier alpha value is -2.93. The summed E-state index contributed by atoms with van der Waals surface area (Å²) in [5, 5.41) is 1.22. The molecule has 0 atom stereocenters. The smallest absolute Gasteiger partial charge is 0.0741 e. The molecule has 3 aromatic carbocycles. The largest absolute Gasteiger partial charge is 0.248 e. The number of hydrogen-bond donors (Lipinski definition) is 0. The molecule has 4 rings (SSSR count). The third-order valence-corrected chi connectivity index (χ3v) is 6.75. The second-order valence-electron chi connectivity index (χ2n) is 8.74. The summed E-state index contributed by atoms with van der Waals surface area (Å²) in [5.74, 6) is 0. The molecule has 0 amide bonds. The van der Waals surface area contributed by atoms with Crippen LogP contribution in [0.3, 0.4) is 0 Å². The van der Waals surface area contributed by atoms with Crippen LogP contribution in [0.1, 0.15) is 50.3 Å². The lowest BCUT2D eigenvalue weighted by Gasteiger charge is -2.31. The van der Waals surface area contributed by atoms with E-state index in [1.165, 1.54) is 38.8 Å². The van der Waals surface area contributed by atoms with Crippen LogP contribution in [0, 0.1) is 13.8 Å². The van der Waals surface area contributed by atoms with Crippen LogP contribution in [-0.2, 0) is 5.41 Å². The molecule has 0 unspecified atom stereocenters. The lowest BCUT2D eigenvalue weighted by molar-refractivity contribution is 0.440. The fourth-order valence-corrected chi connectivity index (χ4v) is 4.37. The lowest BCUT2D eigenvalue weighted by Crippen LogP contribution is -2.21. The summed E-state index contributed by atoms with van der Waals surface area (Å²) in [6, 6.07) is 26.4. The molecule has 0 bridgehead atoms. The predicted molar refractivity (Wildman–Crippen MR) is 130 cm³/mol. The van der Waals surface area contributed by atoms with E-state index >= 15 is 0 Å². The van der Waals surface area contributed by atoms with Crippen molar-refractivity contribution >= 4 is 10.9 Å². The Morgan fingerprint density at radius 3 is 2.20 bits per heavy atom. The van der Waals surface area contributed by atoms with E-state index in [0.717, 1.165) is 24.1 Å². The van der Waals surface area contributed by atoms with Gasteiger partial charge in [-0.2, -0.15) is 0 Å². The van der Waals surface area contributed by atoms with E-state index in [4.69, 9.17) is 4.98 Å². The van der Waals surface area contributed by atoms with Crippen molar-refractivity contribution in [2.45, 2.75) is 52.9 Å². The van der Waals surface area contributed by atoms with Crippen molar-refractivity contribution in [3.63, 3.8) is 0 Å². The van der Waals surface area contributed by atoms with E-state index in [-0.39, 0.29) is 5.41 Å². The molecule has 0 spiro atoms. The highest BCUT2D eigenvalue weighted by Gasteiger charge is 2.27. The molecular formula is C29H31N. The Labute approximate surface area is 180 Å². The molecule has 152 valence electrons. The molecule has 1 heteroatoms. The zero-order valence-corrected chi connectivity index (χ0v) is 18.8. The van der Waals surface area contributed by atoms with Gasteiger partial charge in [-0.05, 0) is 78.6 Å². The van der Waals surface area contributed by atoms with Crippen molar-refractivity contribution in [3.05, 3.63) is 89.5 Å². The van der Waals surface area contributed by atoms with E-state index in [1.54, 1.807) is 0 Å². The average Bonchev–Trinajstić information content (AvgIpc) is 2.78. The number of aromatic nitrogens is 1. The third-order valence-electron chi connectivity index (χ3n) is 6.75. The molecule has 0 fully saturated rings. The topological polar surface area (TPSA) is 12.9 Å². The Bertz CT molecular complexity index is 1180. The van der Waals surface area contributed by atoms with Crippen molar-refractivity contribution < 1.29 is 0 Å². The first kappa shape index (κ1) is 20.3. The SMILES string of the molecule is CCC(C)(CC)c1cc(-c2ccccc2)ccc1-c1nc2ccc(C)cc2cc1C. The monoisotopic (exact) mass is 393 g/mol. The molecule has 4 aromatic rings. The van der Waals surface area contributed by atoms with Crippen LogP contribution in [0.2, 0.25) is 0 Å². The van der Waals surface area contributed by atoms with Crippen molar-refractivity contribution in [2.24, 2.45) is 0 Å². The van der Waals surface area contributed by atoms with Gasteiger partial charge in [-0.25, -0.2) is 4.98 Å². The fourth-order valence-electron chi connectivity index (χ4n) is 4.37. The molecule has 1 heterocycles. The first-order chi connectivity index (χ1) is 14.4. The van der Waals surface area contributed by atoms with Crippen LogP contribution in [-0.4, -0.2) is 4.98 Å². The maximum Gasteiger partial charge on any atom is 0.0741 e. The van der Waals surface area contributed by atoms with Crippen molar-refractivity contribution in [2.75, 3.05) is 0 Å². The summed E-state index contributed by atoms with van der Waals surface area (Å²) in [7, 11) is 0. The van der Waals surface area contributed by atoms with Gasteiger partial charge >= 0.3 is 0 Å². The molecule has 1 aromatic heterocycles. The Morgan fingerprint density at radius 2 is 1.50 bits per heavy atom. The quantitative estimate of drug-likeness (QED) is 0.332. The highest BCUT2D eigenvalue weighted by Crippen LogP contribution is 2.41. The Morgan fingerprint density at radius 1 is 0.767 bits per heavy atom. The first-order valence-electron chi connectivity index (χ1n) is 11.0. The lowest BCUT2D eigenvalue weighted by atomic mass is 9.74. The summed E-state index contributed by atoms with van der Waals surface area (Å²) in [5.41, 5.74) is 9.98. The van der Waals surface area contributed by atoms with E-state index in [2.05, 4.69) is 107 Å². The molecule has 0 saturated carbocycles. The van der Waals surface area contributed by atoms with Gasteiger partial charge < -0.3 is 0 Å². The maximum atomic E-state index is 5.13. The standard InChI is InChI=1S/C29H31N/c1-6-29(5,7-2)26-19-23(22-11-9-8-10-12-22)14-15-25(26)28-21(4)18-24-17-20(3)13-16-27(24)30-28/h8-19H,6-7H2,1-5H3. The Kier molecular flexibility index (Phi) is 5.47. The molecular weight excluding hydrogens is 362 g/mol. The second-order valence-corrected chi connectivity index (χ2v) is 8.74. The molecule has 0 radical (unpaired) electrons. The number of hydrogen-bond acceptors (Lipinski definition) is 1. The van der Waals surface area contributed by atoms with E-state index in [1.807, 2.05) is 0 Å². The van der Waals surface area contributed by atoms with Gasteiger partial charge in [0.25, 0.3) is 0 Å². The van der Waals surface area contributed by atoms with Gasteiger partial charge in [0.15, 0.2) is 0 Å². The maximum absolute atomic E-state index is 5.13. The summed E-state index contributed by atoms with van der Waals surface area (Å²) < 4.78 is 0. The molecule has 0 N–H and O–H groups in total. The van der Waals surface area contributed by atoms with Crippen LogP contribution in [0.15, 0.2) is 72.8 Å². The zero-order chi connectivity index (χ0) is 21.3. The second kappa shape index (κ2) is 8.07. The minimum atomic E-state index is 0.108. The first-order valence-corrected chi connectivity index (χ1v) is 11.0. The van der Waals surface area contributed by atoms with Crippen LogP contribution in [0.4, 0.5) is 0 Å². The van der Waals surface area contributed by atoms with Gasteiger partial charge in [-0.15, -0.1) is 0 Å². The highest BCUT2D eigenvalue weighted by molar-refractivity contribution is 5.85. The average molecular weight is 394 g/mol. The van der Waals surface area contributed by atoms with E-state index in [0.29, 0.717) is 0 Å². The van der Waals surface area contributed by atoms with Gasteiger partial charge in [0.1, 0.15) is 0 Å². The van der Waals surface area contributed by atoms with Crippen LogP contribution >= 0.6 is 0 Å². The molecule has 0 aliphatic carbocycles. The normalized spacial score (nSPS) is 11.8. The molecule has 1 nitrogen and oxygen atoms in total. The summed E-state index contributed by atoms with van der Waals surface area (Å²) in [4.78, 5) is 5.13. The van der Waals surface area contributed by atoms with Crippen molar-refractivity contribution in [1.82, 2.24) is 4.98 Å². The van der Waals surface area contributed by atoms with Gasteiger partial charge in [0.05, 0.1) is 11.2 Å². The van der Waals surface area contributed by atoms with Crippen LogP contribution < -0.4 is 0 Å². The number of fused-ring (bicyclic) bond motifs is 1. The molecule has 0 aliphatic heterocycles.